The standard InChI is InChI=1S/C12H16ClN3O2/c1-2-15-11(17)5-6-16-12(18)9-4-3-8(13)7-10(9)14/h3-4,7H,2,5-6,14H2,1H3,(H,15,17)(H,16,18). The molecule has 0 aliphatic carbocycles. The molecule has 0 unspecified atom stereocenters. The van der Waals surface area contributed by atoms with E-state index >= 15 is 0 Å². The minimum Gasteiger partial charge on any atom is -0.398 e. The van der Waals surface area contributed by atoms with Gasteiger partial charge in [-0.2, -0.15) is 0 Å². The third-order valence-electron chi connectivity index (χ3n) is 2.27. The number of nitrogens with one attached hydrogen (secondary N) is 2. The summed E-state index contributed by atoms with van der Waals surface area (Å²) < 4.78 is 0. The number of benzene rings is 1. The van der Waals surface area contributed by atoms with Crippen molar-refractivity contribution in [3.8, 4) is 0 Å². The maximum absolute atomic E-state index is 11.8. The monoisotopic (exact) mass is 269 g/mol. The number of anilines is 1. The molecule has 0 atom stereocenters. The van der Waals surface area contributed by atoms with Crippen LogP contribution in [0.25, 0.3) is 0 Å². The van der Waals surface area contributed by atoms with E-state index in [0.717, 1.165) is 0 Å². The minimum atomic E-state index is -0.312. The molecule has 0 aliphatic rings. The zero-order valence-corrected chi connectivity index (χ0v) is 10.9. The van der Waals surface area contributed by atoms with Crippen LogP contribution in [0.3, 0.4) is 0 Å². The number of nitrogen functional groups attached to an aromatic ring is 1. The SMILES string of the molecule is CCNC(=O)CCNC(=O)c1ccc(Cl)cc1N. The van der Waals surface area contributed by atoms with Gasteiger partial charge in [0.15, 0.2) is 0 Å². The maximum atomic E-state index is 11.8. The molecule has 1 aromatic rings. The van der Waals surface area contributed by atoms with Crippen LogP contribution < -0.4 is 16.4 Å². The normalized spacial score (nSPS) is 9.89. The van der Waals surface area contributed by atoms with Crippen LogP contribution in [-0.4, -0.2) is 24.9 Å². The Morgan fingerprint density at radius 2 is 2.06 bits per heavy atom. The molecule has 2 amide bonds. The molecule has 1 rings (SSSR count). The molecule has 0 fully saturated rings. The van der Waals surface area contributed by atoms with E-state index in [1.54, 1.807) is 12.1 Å². The molecule has 1 aromatic carbocycles. The van der Waals surface area contributed by atoms with Crippen molar-refractivity contribution in [2.75, 3.05) is 18.8 Å². The molecule has 0 heterocycles. The van der Waals surface area contributed by atoms with Gasteiger partial charge in [-0.25, -0.2) is 0 Å². The first kappa shape index (κ1) is 14.3. The second-order valence-electron chi connectivity index (χ2n) is 3.69. The molecule has 0 aromatic heterocycles. The van der Waals surface area contributed by atoms with Gasteiger partial charge in [0.05, 0.1) is 5.56 Å². The fraction of sp³-hybridized carbons (Fsp3) is 0.333. The van der Waals surface area contributed by atoms with E-state index in [2.05, 4.69) is 10.6 Å². The lowest BCUT2D eigenvalue weighted by molar-refractivity contribution is -0.120. The van der Waals surface area contributed by atoms with Gasteiger partial charge >= 0.3 is 0 Å². The fourth-order valence-electron chi connectivity index (χ4n) is 1.41. The molecule has 4 N–H and O–H groups in total. The van der Waals surface area contributed by atoms with Gasteiger partial charge in [-0.3, -0.25) is 9.59 Å². The van der Waals surface area contributed by atoms with Gasteiger partial charge in [-0.05, 0) is 25.1 Å². The van der Waals surface area contributed by atoms with Crippen molar-refractivity contribution in [3.63, 3.8) is 0 Å². The Balaban J connectivity index is 2.48. The van der Waals surface area contributed by atoms with Crippen LogP contribution in [0.2, 0.25) is 5.02 Å². The van der Waals surface area contributed by atoms with Crippen LogP contribution in [0.15, 0.2) is 18.2 Å². The van der Waals surface area contributed by atoms with Crippen LogP contribution in [0.5, 0.6) is 0 Å². The summed E-state index contributed by atoms with van der Waals surface area (Å²) in [5.74, 6) is -0.407. The lowest BCUT2D eigenvalue weighted by Crippen LogP contribution is -2.30. The molecule has 6 heteroatoms. The maximum Gasteiger partial charge on any atom is 0.253 e. The largest absolute Gasteiger partial charge is 0.398 e. The minimum absolute atomic E-state index is 0.0955. The summed E-state index contributed by atoms with van der Waals surface area (Å²) in [6.45, 7) is 2.69. The van der Waals surface area contributed by atoms with E-state index < -0.39 is 0 Å². The highest BCUT2D eigenvalue weighted by Gasteiger charge is 2.09. The van der Waals surface area contributed by atoms with Crippen molar-refractivity contribution in [2.24, 2.45) is 0 Å². The second-order valence-corrected chi connectivity index (χ2v) is 4.13. The number of carbonyl (C=O) groups excluding carboxylic acids is 2. The highest BCUT2D eigenvalue weighted by atomic mass is 35.5. The summed E-state index contributed by atoms with van der Waals surface area (Å²) in [5.41, 5.74) is 6.35. The third-order valence-corrected chi connectivity index (χ3v) is 2.50. The zero-order chi connectivity index (χ0) is 13.5. The van der Waals surface area contributed by atoms with Crippen LogP contribution in [0.4, 0.5) is 5.69 Å². The summed E-state index contributed by atoms with van der Waals surface area (Å²) >= 11 is 5.74. The molecule has 0 saturated carbocycles. The van der Waals surface area contributed by atoms with Crippen molar-refractivity contribution in [2.45, 2.75) is 13.3 Å². The summed E-state index contributed by atoms with van der Waals surface area (Å²) in [6.07, 6.45) is 0.243. The van der Waals surface area contributed by atoms with Gasteiger partial charge in [-0.1, -0.05) is 11.6 Å². The number of rotatable bonds is 5. The highest BCUT2D eigenvalue weighted by Crippen LogP contribution is 2.17. The van der Waals surface area contributed by atoms with Gasteiger partial charge in [0.2, 0.25) is 5.91 Å². The van der Waals surface area contributed by atoms with E-state index in [9.17, 15) is 9.59 Å². The molecule has 5 nitrogen and oxygen atoms in total. The molecular weight excluding hydrogens is 254 g/mol. The Bertz CT molecular complexity index is 449. The molecule has 0 bridgehead atoms. The number of carbonyl (C=O) groups is 2. The fourth-order valence-corrected chi connectivity index (χ4v) is 1.59. The Morgan fingerprint density at radius 1 is 1.33 bits per heavy atom. The van der Waals surface area contributed by atoms with E-state index in [1.165, 1.54) is 6.07 Å². The Labute approximate surface area is 111 Å². The molecule has 0 radical (unpaired) electrons. The number of hydrogen-bond donors (Lipinski definition) is 3. The van der Waals surface area contributed by atoms with Crippen molar-refractivity contribution < 1.29 is 9.59 Å². The van der Waals surface area contributed by atoms with Crippen LogP contribution >= 0.6 is 11.6 Å². The molecular formula is C12H16ClN3O2. The predicted molar refractivity (Wildman–Crippen MR) is 71.5 cm³/mol. The Hall–Kier alpha value is -1.75. The number of amides is 2. The summed E-state index contributed by atoms with van der Waals surface area (Å²) in [4.78, 5) is 22.9. The quantitative estimate of drug-likeness (QED) is 0.702. The Morgan fingerprint density at radius 3 is 2.67 bits per heavy atom. The average Bonchev–Trinajstić information content (AvgIpc) is 2.29. The second kappa shape index (κ2) is 6.86. The van der Waals surface area contributed by atoms with Gasteiger partial charge in [0, 0.05) is 30.2 Å². The number of nitrogens with two attached hydrogens (primary N) is 1. The van der Waals surface area contributed by atoms with Crippen LogP contribution in [-0.2, 0) is 4.79 Å². The topological polar surface area (TPSA) is 84.2 Å². The van der Waals surface area contributed by atoms with E-state index in [4.69, 9.17) is 17.3 Å². The molecule has 0 spiro atoms. The van der Waals surface area contributed by atoms with Gasteiger partial charge in [0.1, 0.15) is 0 Å². The lowest BCUT2D eigenvalue weighted by Gasteiger charge is -2.07. The van der Waals surface area contributed by atoms with Crippen molar-refractivity contribution in [1.29, 1.82) is 0 Å². The summed E-state index contributed by atoms with van der Waals surface area (Å²) in [5, 5.41) is 5.75. The molecule has 0 saturated heterocycles. The average molecular weight is 270 g/mol. The van der Waals surface area contributed by atoms with Crippen LogP contribution in [0.1, 0.15) is 23.7 Å². The molecule has 0 aliphatic heterocycles. The first-order valence-corrected chi connectivity index (χ1v) is 6.02. The van der Waals surface area contributed by atoms with E-state index in [0.29, 0.717) is 22.8 Å². The summed E-state index contributed by atoms with van der Waals surface area (Å²) in [7, 11) is 0. The van der Waals surface area contributed by atoms with E-state index in [-0.39, 0.29) is 24.8 Å². The first-order valence-electron chi connectivity index (χ1n) is 5.64. The van der Waals surface area contributed by atoms with Crippen molar-refractivity contribution in [1.82, 2.24) is 10.6 Å². The van der Waals surface area contributed by atoms with Gasteiger partial charge < -0.3 is 16.4 Å². The molecule has 18 heavy (non-hydrogen) atoms. The number of hydrogen-bond acceptors (Lipinski definition) is 3. The predicted octanol–water partition coefficient (Wildman–Crippen LogP) is 1.18. The highest BCUT2D eigenvalue weighted by molar-refractivity contribution is 6.31. The van der Waals surface area contributed by atoms with Crippen LogP contribution in [0, 0.1) is 0 Å². The number of halogens is 1. The zero-order valence-electron chi connectivity index (χ0n) is 10.1. The first-order chi connectivity index (χ1) is 8.54. The Kier molecular flexibility index (Phi) is 5.45. The summed E-state index contributed by atoms with van der Waals surface area (Å²) in [6, 6.07) is 4.66. The van der Waals surface area contributed by atoms with Crippen molar-refractivity contribution in [3.05, 3.63) is 28.8 Å². The lowest BCUT2D eigenvalue weighted by atomic mass is 10.1. The van der Waals surface area contributed by atoms with E-state index in [1.807, 2.05) is 6.92 Å². The van der Waals surface area contributed by atoms with Gasteiger partial charge in [-0.15, -0.1) is 0 Å². The molecule has 98 valence electrons. The third kappa shape index (κ3) is 4.25. The van der Waals surface area contributed by atoms with Crippen molar-refractivity contribution >= 4 is 29.1 Å². The smallest absolute Gasteiger partial charge is 0.253 e. The van der Waals surface area contributed by atoms with Gasteiger partial charge in [0.25, 0.3) is 5.91 Å².